The lowest BCUT2D eigenvalue weighted by Gasteiger charge is -2.16. The topological polar surface area (TPSA) is 73.1 Å². The molecule has 1 unspecified atom stereocenters. The molecule has 5 nitrogen and oxygen atoms in total. The second-order valence-electron chi connectivity index (χ2n) is 3.28. The van der Waals surface area contributed by atoms with Crippen molar-refractivity contribution in [2.45, 2.75) is 19.4 Å². The summed E-state index contributed by atoms with van der Waals surface area (Å²) in [5.41, 5.74) is 6.61. The van der Waals surface area contributed by atoms with E-state index in [0.29, 0.717) is 13.2 Å². The fraction of sp³-hybridized carbons (Fsp3) is 0.600. The summed E-state index contributed by atoms with van der Waals surface area (Å²) in [6.45, 7) is 3.14. The van der Waals surface area contributed by atoms with Gasteiger partial charge in [-0.3, -0.25) is 0 Å². The summed E-state index contributed by atoms with van der Waals surface area (Å²) >= 11 is 0. The highest BCUT2D eigenvalue weighted by atomic mass is 16.5. The van der Waals surface area contributed by atoms with Gasteiger partial charge >= 0.3 is 0 Å². The monoisotopic (exact) mass is 210 g/mol. The number of aromatic nitrogens is 2. The number of ether oxygens (including phenoxy) is 1. The predicted octanol–water partition coefficient (Wildman–Crippen LogP) is 0.425. The number of hydrogen-bond acceptors (Lipinski definition) is 5. The first kappa shape index (κ1) is 11.9. The minimum Gasteiger partial charge on any atom is -0.383 e. The Morgan fingerprint density at radius 3 is 2.93 bits per heavy atom. The van der Waals surface area contributed by atoms with E-state index in [9.17, 15) is 0 Å². The Morgan fingerprint density at radius 2 is 2.33 bits per heavy atom. The molecule has 0 amide bonds. The van der Waals surface area contributed by atoms with E-state index < -0.39 is 0 Å². The number of nitrogens with one attached hydrogen (secondary N) is 1. The van der Waals surface area contributed by atoms with Crippen molar-refractivity contribution in [3.8, 4) is 0 Å². The molecular formula is C10H18N4O. The zero-order valence-electron chi connectivity index (χ0n) is 9.23. The second-order valence-corrected chi connectivity index (χ2v) is 3.28. The minimum atomic E-state index is 0.0922. The first-order valence-corrected chi connectivity index (χ1v) is 5.06. The number of aryl methyl sites for hydroxylation is 1. The summed E-state index contributed by atoms with van der Waals surface area (Å²) in [6, 6.07) is 2.02. The van der Waals surface area contributed by atoms with Crippen LogP contribution in [0.3, 0.4) is 0 Å². The fourth-order valence-electron chi connectivity index (χ4n) is 1.25. The SMILES string of the molecule is CCc1cc(NC(CN)COC)ncn1. The number of rotatable bonds is 6. The van der Waals surface area contributed by atoms with Crippen molar-refractivity contribution in [2.24, 2.45) is 5.73 Å². The highest BCUT2D eigenvalue weighted by Gasteiger charge is 2.06. The first-order chi connectivity index (χ1) is 7.30. The van der Waals surface area contributed by atoms with Gasteiger partial charge in [0.1, 0.15) is 12.1 Å². The summed E-state index contributed by atoms with van der Waals surface area (Å²) < 4.78 is 5.04. The van der Waals surface area contributed by atoms with Crippen LogP contribution in [0.15, 0.2) is 12.4 Å². The normalized spacial score (nSPS) is 12.5. The molecule has 3 N–H and O–H groups in total. The van der Waals surface area contributed by atoms with Crippen LogP contribution in [-0.4, -0.2) is 36.3 Å². The minimum absolute atomic E-state index is 0.0922. The van der Waals surface area contributed by atoms with E-state index in [4.69, 9.17) is 10.5 Å². The van der Waals surface area contributed by atoms with Gasteiger partial charge in [-0.15, -0.1) is 0 Å². The Balaban J connectivity index is 2.61. The summed E-state index contributed by atoms with van der Waals surface area (Å²) in [7, 11) is 1.65. The molecule has 5 heteroatoms. The van der Waals surface area contributed by atoms with Gasteiger partial charge in [-0.2, -0.15) is 0 Å². The van der Waals surface area contributed by atoms with E-state index in [1.807, 2.05) is 6.07 Å². The molecule has 0 fully saturated rings. The Bertz CT molecular complexity index is 293. The van der Waals surface area contributed by atoms with Crippen molar-refractivity contribution in [3.05, 3.63) is 18.1 Å². The lowest BCUT2D eigenvalue weighted by molar-refractivity contribution is 0.187. The number of hydrogen-bond donors (Lipinski definition) is 2. The summed E-state index contributed by atoms with van der Waals surface area (Å²) in [6.07, 6.45) is 2.45. The van der Waals surface area contributed by atoms with E-state index in [2.05, 4.69) is 22.2 Å². The smallest absolute Gasteiger partial charge is 0.129 e. The molecule has 1 heterocycles. The zero-order chi connectivity index (χ0) is 11.1. The third-order valence-corrected chi connectivity index (χ3v) is 2.09. The largest absolute Gasteiger partial charge is 0.383 e. The van der Waals surface area contributed by atoms with E-state index in [0.717, 1.165) is 17.9 Å². The van der Waals surface area contributed by atoms with Gasteiger partial charge in [-0.25, -0.2) is 9.97 Å². The molecule has 0 radical (unpaired) electrons. The quantitative estimate of drug-likeness (QED) is 0.712. The van der Waals surface area contributed by atoms with Gasteiger partial charge in [0.2, 0.25) is 0 Å². The average molecular weight is 210 g/mol. The van der Waals surface area contributed by atoms with Crippen molar-refractivity contribution in [3.63, 3.8) is 0 Å². The van der Waals surface area contributed by atoms with Gasteiger partial charge in [0.25, 0.3) is 0 Å². The van der Waals surface area contributed by atoms with Gasteiger partial charge in [0, 0.05) is 25.4 Å². The van der Waals surface area contributed by atoms with Crippen LogP contribution in [0.25, 0.3) is 0 Å². The van der Waals surface area contributed by atoms with Crippen LogP contribution >= 0.6 is 0 Å². The summed E-state index contributed by atoms with van der Waals surface area (Å²) in [4.78, 5) is 8.25. The van der Waals surface area contributed by atoms with Crippen molar-refractivity contribution in [1.29, 1.82) is 0 Å². The molecule has 0 spiro atoms. The average Bonchev–Trinajstić information content (AvgIpc) is 2.29. The molecule has 0 aromatic carbocycles. The molecule has 0 aliphatic heterocycles. The van der Waals surface area contributed by atoms with Crippen molar-refractivity contribution >= 4 is 5.82 Å². The van der Waals surface area contributed by atoms with Crippen LogP contribution in [-0.2, 0) is 11.2 Å². The maximum absolute atomic E-state index is 5.59. The molecule has 15 heavy (non-hydrogen) atoms. The van der Waals surface area contributed by atoms with E-state index >= 15 is 0 Å². The zero-order valence-corrected chi connectivity index (χ0v) is 9.23. The van der Waals surface area contributed by atoms with Crippen molar-refractivity contribution in [2.75, 3.05) is 25.6 Å². The van der Waals surface area contributed by atoms with Gasteiger partial charge in [-0.05, 0) is 6.42 Å². The molecule has 0 aliphatic rings. The Hall–Kier alpha value is -1.20. The summed E-state index contributed by atoms with van der Waals surface area (Å²) in [5, 5.41) is 3.20. The van der Waals surface area contributed by atoms with Gasteiger partial charge in [-0.1, -0.05) is 6.92 Å². The van der Waals surface area contributed by atoms with Crippen LogP contribution in [0.5, 0.6) is 0 Å². The fourth-order valence-corrected chi connectivity index (χ4v) is 1.25. The van der Waals surface area contributed by atoms with Gasteiger partial charge in [0.05, 0.1) is 12.6 Å². The number of nitrogens with zero attached hydrogens (tertiary/aromatic N) is 2. The number of anilines is 1. The van der Waals surface area contributed by atoms with Crippen LogP contribution in [0.4, 0.5) is 5.82 Å². The van der Waals surface area contributed by atoms with E-state index in [1.165, 1.54) is 0 Å². The molecule has 0 bridgehead atoms. The first-order valence-electron chi connectivity index (χ1n) is 5.06. The van der Waals surface area contributed by atoms with Crippen LogP contribution in [0.2, 0.25) is 0 Å². The van der Waals surface area contributed by atoms with Crippen LogP contribution in [0.1, 0.15) is 12.6 Å². The van der Waals surface area contributed by atoms with Crippen molar-refractivity contribution < 1.29 is 4.74 Å². The van der Waals surface area contributed by atoms with E-state index in [-0.39, 0.29) is 6.04 Å². The van der Waals surface area contributed by atoms with Crippen LogP contribution < -0.4 is 11.1 Å². The molecule has 1 atom stereocenters. The van der Waals surface area contributed by atoms with E-state index in [1.54, 1.807) is 13.4 Å². The molecule has 0 saturated carbocycles. The van der Waals surface area contributed by atoms with Crippen molar-refractivity contribution in [1.82, 2.24) is 9.97 Å². The maximum atomic E-state index is 5.59. The van der Waals surface area contributed by atoms with Gasteiger partial charge in [0.15, 0.2) is 0 Å². The van der Waals surface area contributed by atoms with Crippen LogP contribution in [0, 0.1) is 0 Å². The molecule has 1 rings (SSSR count). The standard InChI is InChI=1S/C10H18N4O/c1-3-8-4-10(13-7-12-8)14-9(5-11)6-15-2/h4,7,9H,3,5-6,11H2,1-2H3,(H,12,13,14). The Kier molecular flexibility index (Phi) is 5.00. The number of nitrogens with two attached hydrogens (primary N) is 1. The lowest BCUT2D eigenvalue weighted by atomic mass is 10.3. The maximum Gasteiger partial charge on any atom is 0.129 e. The van der Waals surface area contributed by atoms with Gasteiger partial charge < -0.3 is 15.8 Å². The highest BCUT2D eigenvalue weighted by molar-refractivity contribution is 5.36. The third kappa shape index (κ3) is 3.81. The molecular weight excluding hydrogens is 192 g/mol. The Labute approximate surface area is 90.1 Å². The third-order valence-electron chi connectivity index (χ3n) is 2.09. The molecule has 84 valence electrons. The second kappa shape index (κ2) is 6.31. The molecule has 0 aliphatic carbocycles. The number of methoxy groups -OCH3 is 1. The molecule has 0 saturated heterocycles. The summed E-state index contributed by atoms with van der Waals surface area (Å²) in [5.74, 6) is 0.800. The molecule has 1 aromatic heterocycles. The Morgan fingerprint density at radius 1 is 1.53 bits per heavy atom. The highest BCUT2D eigenvalue weighted by Crippen LogP contribution is 2.05. The predicted molar refractivity (Wildman–Crippen MR) is 59.8 cm³/mol. The molecule has 1 aromatic rings. The lowest BCUT2D eigenvalue weighted by Crippen LogP contribution is -2.33.